The van der Waals surface area contributed by atoms with Crippen molar-refractivity contribution in [2.24, 2.45) is 0 Å². The first-order valence-corrected chi connectivity index (χ1v) is 12.9. The molecule has 0 rings (SSSR count). The normalized spacial score (nSPS) is 13.3. The Morgan fingerprint density at radius 2 is 0.962 bits per heavy atom. The van der Waals surface area contributed by atoms with Crippen molar-refractivity contribution in [3.8, 4) is 0 Å². The lowest BCUT2D eigenvalue weighted by molar-refractivity contribution is -0.0560. The highest BCUT2D eigenvalue weighted by atomic mass is 28.4. The third kappa shape index (κ3) is 14.2. The Balaban J connectivity index is 4.84. The maximum absolute atomic E-state index is 6.35. The van der Waals surface area contributed by atoms with Crippen molar-refractivity contribution in [1.82, 2.24) is 0 Å². The molecule has 0 aliphatic rings. The maximum Gasteiger partial charge on any atom is 0.679 e. The van der Waals surface area contributed by atoms with E-state index in [0.29, 0.717) is 19.8 Å². The minimum atomic E-state index is -3.06. The fourth-order valence-electron chi connectivity index (χ4n) is 2.67. The molecule has 0 aromatic rings. The number of hydrogen-bond donors (Lipinski definition) is 0. The fourth-order valence-corrected chi connectivity index (χ4v) is 4.92. The summed E-state index contributed by atoms with van der Waals surface area (Å²) >= 11 is 0. The summed E-state index contributed by atoms with van der Waals surface area (Å²) in [6, 6.07) is 0. The van der Waals surface area contributed by atoms with Gasteiger partial charge < -0.3 is 17.7 Å². The Bertz CT molecular complexity index is 258. The zero-order valence-electron chi connectivity index (χ0n) is 18.3. The predicted molar refractivity (Wildman–Crippen MR) is 112 cm³/mol. The summed E-state index contributed by atoms with van der Waals surface area (Å²) in [5, 5.41) is 0. The minimum absolute atomic E-state index is 0.116. The molecule has 26 heavy (non-hydrogen) atoms. The van der Waals surface area contributed by atoms with Gasteiger partial charge in [0.25, 0.3) is 0 Å². The quantitative estimate of drug-likeness (QED) is 0.172. The van der Waals surface area contributed by atoms with Gasteiger partial charge in [-0.2, -0.15) is 0 Å². The van der Waals surface area contributed by atoms with Gasteiger partial charge in [-0.25, -0.2) is 0 Å². The Kier molecular flexibility index (Phi) is 18.5. The molecule has 0 N–H and O–H groups in total. The SMILES string of the molecule is CCCCCO[Si](OCCCCC)(OCCCCC)OC(C)CCCC. The van der Waals surface area contributed by atoms with Gasteiger partial charge in [0, 0.05) is 25.9 Å². The van der Waals surface area contributed by atoms with Crippen LogP contribution in [0.3, 0.4) is 0 Å². The highest BCUT2D eigenvalue weighted by Gasteiger charge is 2.47. The van der Waals surface area contributed by atoms with Gasteiger partial charge in [0.1, 0.15) is 0 Å². The molecule has 0 radical (unpaired) electrons. The zero-order chi connectivity index (χ0) is 19.5. The van der Waals surface area contributed by atoms with Crippen LogP contribution in [-0.4, -0.2) is 35.0 Å². The van der Waals surface area contributed by atoms with E-state index in [0.717, 1.165) is 32.1 Å². The lowest BCUT2D eigenvalue weighted by atomic mass is 10.2. The average molecular weight is 391 g/mol. The Labute approximate surface area is 164 Å². The highest BCUT2D eigenvalue weighted by Crippen LogP contribution is 2.20. The molecule has 0 heterocycles. The second kappa shape index (κ2) is 18.4. The van der Waals surface area contributed by atoms with Crippen molar-refractivity contribution in [1.29, 1.82) is 0 Å². The van der Waals surface area contributed by atoms with E-state index in [-0.39, 0.29) is 6.10 Å². The molecule has 0 fully saturated rings. The molecule has 0 aliphatic carbocycles. The minimum Gasteiger partial charge on any atom is -0.351 e. The van der Waals surface area contributed by atoms with Crippen LogP contribution >= 0.6 is 0 Å². The van der Waals surface area contributed by atoms with E-state index >= 15 is 0 Å². The smallest absolute Gasteiger partial charge is 0.351 e. The van der Waals surface area contributed by atoms with Gasteiger partial charge in [0.05, 0.1) is 0 Å². The van der Waals surface area contributed by atoms with Gasteiger partial charge in [-0.3, -0.25) is 0 Å². The van der Waals surface area contributed by atoms with E-state index in [1.54, 1.807) is 0 Å². The number of rotatable bonds is 20. The lowest BCUT2D eigenvalue weighted by Gasteiger charge is -2.31. The van der Waals surface area contributed by atoms with Crippen molar-refractivity contribution in [3.05, 3.63) is 0 Å². The Hall–Kier alpha value is 0.0569. The van der Waals surface area contributed by atoms with Crippen LogP contribution < -0.4 is 0 Å². The monoisotopic (exact) mass is 390 g/mol. The highest BCUT2D eigenvalue weighted by molar-refractivity contribution is 6.53. The molecule has 0 aromatic heterocycles. The summed E-state index contributed by atoms with van der Waals surface area (Å²) in [4.78, 5) is 0. The molecule has 0 amide bonds. The molecule has 0 aromatic carbocycles. The molecule has 0 saturated carbocycles. The van der Waals surface area contributed by atoms with Crippen LogP contribution in [0.25, 0.3) is 0 Å². The van der Waals surface area contributed by atoms with Crippen LogP contribution in [-0.2, 0) is 17.7 Å². The van der Waals surface area contributed by atoms with Crippen molar-refractivity contribution in [3.63, 3.8) is 0 Å². The molecular formula is C21H46O4Si. The third-order valence-corrected chi connectivity index (χ3v) is 6.75. The summed E-state index contributed by atoms with van der Waals surface area (Å²) in [6.45, 7) is 13.0. The first kappa shape index (κ1) is 26.1. The predicted octanol–water partition coefficient (Wildman–Crippen LogP) is 6.64. The Morgan fingerprint density at radius 1 is 0.577 bits per heavy atom. The van der Waals surface area contributed by atoms with Crippen LogP contribution in [0.1, 0.15) is 112 Å². The van der Waals surface area contributed by atoms with E-state index in [1.165, 1.54) is 44.9 Å². The van der Waals surface area contributed by atoms with Crippen LogP contribution in [0.15, 0.2) is 0 Å². The molecule has 0 bridgehead atoms. The van der Waals surface area contributed by atoms with Crippen molar-refractivity contribution >= 4 is 9.05 Å². The summed E-state index contributed by atoms with van der Waals surface area (Å²) < 4.78 is 25.0. The number of hydrogen-bond acceptors (Lipinski definition) is 4. The fraction of sp³-hybridized carbons (Fsp3) is 1.00. The van der Waals surface area contributed by atoms with E-state index in [4.69, 9.17) is 17.7 Å². The summed E-state index contributed by atoms with van der Waals surface area (Å²) in [5.74, 6) is 0. The second-order valence-electron chi connectivity index (χ2n) is 7.24. The van der Waals surface area contributed by atoms with Gasteiger partial charge in [-0.05, 0) is 32.6 Å². The van der Waals surface area contributed by atoms with Crippen molar-refractivity contribution < 1.29 is 17.7 Å². The molecule has 0 aliphatic heterocycles. The molecule has 1 atom stereocenters. The second-order valence-corrected chi connectivity index (χ2v) is 9.34. The molecule has 4 nitrogen and oxygen atoms in total. The maximum atomic E-state index is 6.35. The number of unbranched alkanes of at least 4 members (excludes halogenated alkanes) is 7. The van der Waals surface area contributed by atoms with Crippen LogP contribution in [0, 0.1) is 0 Å². The molecular weight excluding hydrogens is 344 g/mol. The zero-order valence-corrected chi connectivity index (χ0v) is 19.3. The standard InChI is InChI=1S/C21H46O4Si/c1-6-10-14-18-22-26(23-19-15-11-7-2,24-20-16-12-8-3)25-21(5)17-13-9-4/h21H,6-20H2,1-5H3. The van der Waals surface area contributed by atoms with Crippen molar-refractivity contribution in [2.45, 2.75) is 118 Å². The van der Waals surface area contributed by atoms with Gasteiger partial charge in [0.2, 0.25) is 0 Å². The van der Waals surface area contributed by atoms with E-state index in [1.807, 2.05) is 0 Å². The summed E-state index contributed by atoms with van der Waals surface area (Å²) in [7, 11) is -3.06. The average Bonchev–Trinajstić information content (AvgIpc) is 2.64. The Morgan fingerprint density at radius 3 is 1.31 bits per heavy atom. The molecule has 1 unspecified atom stereocenters. The molecule has 5 heteroatoms. The lowest BCUT2D eigenvalue weighted by Crippen LogP contribution is -2.51. The largest absolute Gasteiger partial charge is 0.679 e. The third-order valence-electron chi connectivity index (χ3n) is 4.39. The van der Waals surface area contributed by atoms with Crippen LogP contribution in [0.2, 0.25) is 0 Å². The molecule has 158 valence electrons. The van der Waals surface area contributed by atoms with Gasteiger partial charge in [-0.1, -0.05) is 79.1 Å². The first-order valence-electron chi connectivity index (χ1n) is 11.2. The van der Waals surface area contributed by atoms with E-state index in [9.17, 15) is 0 Å². The van der Waals surface area contributed by atoms with Gasteiger partial charge in [0.15, 0.2) is 0 Å². The summed E-state index contributed by atoms with van der Waals surface area (Å²) in [6.07, 6.45) is 13.6. The van der Waals surface area contributed by atoms with E-state index in [2.05, 4.69) is 34.6 Å². The summed E-state index contributed by atoms with van der Waals surface area (Å²) in [5.41, 5.74) is 0. The molecule has 0 saturated heterocycles. The van der Waals surface area contributed by atoms with Gasteiger partial charge >= 0.3 is 9.05 Å². The van der Waals surface area contributed by atoms with Gasteiger partial charge in [-0.15, -0.1) is 0 Å². The van der Waals surface area contributed by atoms with Crippen LogP contribution in [0.4, 0.5) is 0 Å². The van der Waals surface area contributed by atoms with Crippen molar-refractivity contribution in [2.75, 3.05) is 19.8 Å². The van der Waals surface area contributed by atoms with Crippen LogP contribution in [0.5, 0.6) is 0 Å². The topological polar surface area (TPSA) is 36.9 Å². The molecule has 0 spiro atoms. The van der Waals surface area contributed by atoms with E-state index < -0.39 is 9.05 Å². The first-order chi connectivity index (χ1) is 12.6.